The van der Waals surface area contributed by atoms with Crippen LogP contribution in [0.25, 0.3) is 0 Å². The molecular weight excluding hydrogens is 828 g/mol. The molecule has 1 rings (SSSR count). The summed E-state index contributed by atoms with van der Waals surface area (Å²) in [4.78, 5) is 35.6. The van der Waals surface area contributed by atoms with E-state index in [0.29, 0.717) is 19.3 Å². The van der Waals surface area contributed by atoms with Crippen molar-refractivity contribution in [2.24, 2.45) is 0 Å². The fourth-order valence-electron chi connectivity index (χ4n) is 5.85. The number of ether oxygens (including phenoxy) is 2. The van der Waals surface area contributed by atoms with Gasteiger partial charge in [-0.1, -0.05) is 155 Å². The minimum absolute atomic E-state index is 0.0278. The van der Waals surface area contributed by atoms with Crippen LogP contribution in [0.1, 0.15) is 117 Å². The Bertz CT molecular complexity index is 1560. The molecule has 6 unspecified atom stereocenters. The lowest BCUT2D eigenvalue weighted by atomic mass is 9.85. The standard InChI is InChI=1S/C49H75O13P/c1-3-5-7-9-11-13-15-17-19-20-21-22-24-25-27-29-31-33-35-37-42(50)59-39-41(40-60-63(57,58)62-49-47(55)45(53)44(52)46(54)48(49)56)61-43(51)38-36-34-32-30-28-26-23-18-16-14-12-10-8-6-4-2/h5-8,10-14,16-19,21-23,25,27,31,33,41,44-49,52-56H,3-4,9,15,20,24,26,28-30,32,34-40H2,1-2H3,(H,57,58)/b7-5+,8-6+,12-10+,13-11+,16-14+,19-17+,22-21+,23-18+,27-25+,33-31+/t41-,44?,45-,46?,47?,48?,49?/m0/s1. The predicted molar refractivity (Wildman–Crippen MR) is 248 cm³/mol. The maximum absolute atomic E-state index is 12.8. The molecule has 0 amide bonds. The van der Waals surface area contributed by atoms with Crippen molar-refractivity contribution >= 4 is 19.8 Å². The smallest absolute Gasteiger partial charge is 0.462 e. The number of carbonyl (C=O) groups is 2. The highest BCUT2D eigenvalue weighted by Gasteiger charge is 2.51. The fourth-order valence-corrected chi connectivity index (χ4v) is 6.82. The van der Waals surface area contributed by atoms with Crippen LogP contribution >= 0.6 is 7.82 Å². The van der Waals surface area contributed by atoms with Crippen molar-refractivity contribution in [3.63, 3.8) is 0 Å². The SMILES string of the molecule is CC/C=C/C=C/C=C/C=C/CCCCCCCC(=O)O[C@@H](COC(=O)CC/C=C/C/C=C/C/C=C/C/C=C/C/C=C/C/C=C/CC)COP(=O)(O)OC1C(O)C(O)C(O)[C@H](O)C1O. The van der Waals surface area contributed by atoms with E-state index >= 15 is 0 Å². The van der Waals surface area contributed by atoms with E-state index in [-0.39, 0.29) is 12.8 Å². The molecule has 354 valence electrons. The second kappa shape index (κ2) is 37.6. The summed E-state index contributed by atoms with van der Waals surface area (Å²) in [5.74, 6) is -1.24. The highest BCUT2D eigenvalue weighted by atomic mass is 31.2. The maximum Gasteiger partial charge on any atom is 0.472 e. The average Bonchev–Trinajstić information content (AvgIpc) is 3.26. The molecule has 14 heteroatoms. The fraction of sp³-hybridized carbons (Fsp3) is 0.551. The monoisotopic (exact) mass is 902 g/mol. The summed E-state index contributed by atoms with van der Waals surface area (Å²) < 4.78 is 33.4. The van der Waals surface area contributed by atoms with E-state index in [4.69, 9.17) is 18.5 Å². The molecule has 6 N–H and O–H groups in total. The molecule has 1 aliphatic carbocycles. The molecule has 0 aromatic heterocycles. The summed E-state index contributed by atoms with van der Waals surface area (Å²) in [5, 5.41) is 50.1. The Morgan fingerprint density at radius 1 is 0.508 bits per heavy atom. The molecule has 0 aliphatic heterocycles. The summed E-state index contributed by atoms with van der Waals surface area (Å²) in [6.07, 6.45) is 39.8. The number of aliphatic hydroxyl groups excluding tert-OH is 5. The van der Waals surface area contributed by atoms with Crippen LogP contribution in [0.4, 0.5) is 0 Å². The third-order valence-electron chi connectivity index (χ3n) is 9.41. The lowest BCUT2D eigenvalue weighted by Crippen LogP contribution is -2.64. The van der Waals surface area contributed by atoms with E-state index in [1.54, 1.807) is 0 Å². The predicted octanol–water partition coefficient (Wildman–Crippen LogP) is 8.61. The molecule has 0 saturated heterocycles. The summed E-state index contributed by atoms with van der Waals surface area (Å²) in [6.45, 7) is 2.93. The molecule has 0 spiro atoms. The first-order valence-electron chi connectivity index (χ1n) is 22.4. The van der Waals surface area contributed by atoms with Gasteiger partial charge < -0.3 is 39.9 Å². The summed E-state index contributed by atoms with van der Waals surface area (Å²) in [6, 6.07) is 0. The van der Waals surface area contributed by atoms with Crippen LogP contribution in [0, 0.1) is 0 Å². The Labute approximate surface area is 375 Å². The zero-order valence-electron chi connectivity index (χ0n) is 37.3. The molecule has 0 bridgehead atoms. The topological polar surface area (TPSA) is 210 Å². The van der Waals surface area contributed by atoms with Crippen LogP contribution in [-0.4, -0.2) is 98.3 Å². The number of esters is 2. The van der Waals surface area contributed by atoms with Crippen LogP contribution < -0.4 is 0 Å². The van der Waals surface area contributed by atoms with Gasteiger partial charge in [0.25, 0.3) is 0 Å². The number of unbranched alkanes of at least 4 members (excludes halogenated alkanes) is 5. The maximum atomic E-state index is 12.8. The van der Waals surface area contributed by atoms with Gasteiger partial charge in [-0.2, -0.15) is 0 Å². The molecule has 1 saturated carbocycles. The van der Waals surface area contributed by atoms with E-state index < -0.39 is 75.7 Å². The molecule has 0 aromatic rings. The second-order valence-corrected chi connectivity index (χ2v) is 16.3. The Hall–Kier alpha value is -3.75. The van der Waals surface area contributed by atoms with Gasteiger partial charge in [-0.15, -0.1) is 0 Å². The van der Waals surface area contributed by atoms with E-state index in [0.717, 1.165) is 70.6 Å². The van der Waals surface area contributed by atoms with E-state index in [2.05, 4.69) is 80.7 Å². The van der Waals surface area contributed by atoms with Crippen LogP contribution in [0.3, 0.4) is 0 Å². The first kappa shape index (κ1) is 57.3. The zero-order valence-corrected chi connectivity index (χ0v) is 38.2. The van der Waals surface area contributed by atoms with Crippen LogP contribution in [0.2, 0.25) is 0 Å². The number of phosphoric ester groups is 1. The molecule has 63 heavy (non-hydrogen) atoms. The summed E-state index contributed by atoms with van der Waals surface area (Å²) in [5.41, 5.74) is 0. The normalized spacial score (nSPS) is 22.9. The van der Waals surface area contributed by atoms with Gasteiger partial charge in [0.2, 0.25) is 0 Å². The van der Waals surface area contributed by atoms with E-state index in [1.165, 1.54) is 0 Å². The molecule has 1 fully saturated rings. The minimum Gasteiger partial charge on any atom is -0.462 e. The van der Waals surface area contributed by atoms with Crippen molar-refractivity contribution in [1.29, 1.82) is 0 Å². The number of aliphatic hydroxyl groups is 5. The van der Waals surface area contributed by atoms with Crippen LogP contribution in [-0.2, 0) is 32.7 Å². The Kier molecular flexibility index (Phi) is 34.2. The average molecular weight is 903 g/mol. The molecular formula is C49H75O13P. The Balaban J connectivity index is 2.55. The van der Waals surface area contributed by atoms with Gasteiger partial charge >= 0.3 is 19.8 Å². The summed E-state index contributed by atoms with van der Waals surface area (Å²) >= 11 is 0. The largest absolute Gasteiger partial charge is 0.472 e. The van der Waals surface area contributed by atoms with Crippen molar-refractivity contribution in [3.05, 3.63) is 122 Å². The summed E-state index contributed by atoms with van der Waals surface area (Å²) in [7, 11) is -5.15. The number of hydrogen-bond donors (Lipinski definition) is 6. The van der Waals surface area contributed by atoms with Crippen molar-refractivity contribution in [3.8, 4) is 0 Å². The second-order valence-electron chi connectivity index (χ2n) is 14.9. The van der Waals surface area contributed by atoms with E-state index in [1.807, 2.05) is 54.7 Å². The van der Waals surface area contributed by atoms with Crippen LogP contribution in [0.15, 0.2) is 122 Å². The molecule has 0 heterocycles. The number of allylic oxidation sites excluding steroid dienone is 20. The van der Waals surface area contributed by atoms with Gasteiger partial charge in [0.1, 0.15) is 43.2 Å². The lowest BCUT2D eigenvalue weighted by molar-refractivity contribution is -0.220. The number of rotatable bonds is 34. The van der Waals surface area contributed by atoms with Crippen molar-refractivity contribution < 1.29 is 63.1 Å². The third kappa shape index (κ3) is 30.1. The number of carbonyl (C=O) groups excluding carboxylic acids is 2. The third-order valence-corrected chi connectivity index (χ3v) is 10.4. The minimum atomic E-state index is -5.15. The lowest BCUT2D eigenvalue weighted by Gasteiger charge is -2.41. The molecule has 13 nitrogen and oxygen atoms in total. The molecule has 1 aliphatic rings. The highest BCUT2D eigenvalue weighted by Crippen LogP contribution is 2.47. The first-order chi connectivity index (χ1) is 30.4. The van der Waals surface area contributed by atoms with E-state index in [9.17, 15) is 44.6 Å². The van der Waals surface area contributed by atoms with Crippen molar-refractivity contribution in [2.45, 2.75) is 159 Å². The van der Waals surface area contributed by atoms with Crippen molar-refractivity contribution in [1.82, 2.24) is 0 Å². The van der Waals surface area contributed by atoms with Crippen molar-refractivity contribution in [2.75, 3.05) is 13.2 Å². The van der Waals surface area contributed by atoms with Gasteiger partial charge in [0.15, 0.2) is 6.10 Å². The van der Waals surface area contributed by atoms with Gasteiger partial charge in [0.05, 0.1) is 6.61 Å². The van der Waals surface area contributed by atoms with Crippen LogP contribution in [0.5, 0.6) is 0 Å². The number of hydrogen-bond acceptors (Lipinski definition) is 12. The van der Waals surface area contributed by atoms with Gasteiger partial charge in [-0.05, 0) is 70.6 Å². The van der Waals surface area contributed by atoms with Gasteiger partial charge in [-0.3, -0.25) is 18.6 Å². The highest BCUT2D eigenvalue weighted by molar-refractivity contribution is 7.47. The first-order valence-corrected chi connectivity index (χ1v) is 23.9. The number of phosphoric acid groups is 1. The Morgan fingerprint density at radius 3 is 1.52 bits per heavy atom. The molecule has 0 radical (unpaired) electrons. The zero-order chi connectivity index (χ0) is 46.4. The quantitative estimate of drug-likeness (QED) is 0.0118. The van der Waals surface area contributed by atoms with Gasteiger partial charge in [0, 0.05) is 12.8 Å². The molecule has 0 aromatic carbocycles. The Morgan fingerprint density at radius 2 is 0.968 bits per heavy atom. The molecule has 8 atom stereocenters. The van der Waals surface area contributed by atoms with Gasteiger partial charge in [-0.25, -0.2) is 4.57 Å².